The summed E-state index contributed by atoms with van der Waals surface area (Å²) in [6.45, 7) is 0. The summed E-state index contributed by atoms with van der Waals surface area (Å²) < 4.78 is 2.60. The van der Waals surface area contributed by atoms with E-state index in [1.807, 2.05) is 11.3 Å². The highest BCUT2D eigenvalue weighted by molar-refractivity contribution is 7.26. The third-order valence-electron chi connectivity index (χ3n) is 9.82. The van der Waals surface area contributed by atoms with Gasteiger partial charge in [0.1, 0.15) is 0 Å². The van der Waals surface area contributed by atoms with Crippen molar-refractivity contribution < 1.29 is 0 Å². The Morgan fingerprint density at radius 2 is 0.854 bits per heavy atom. The number of rotatable bonds is 4. The van der Waals surface area contributed by atoms with Crippen molar-refractivity contribution in [2.45, 2.75) is 0 Å². The molecule has 1 heterocycles. The van der Waals surface area contributed by atoms with E-state index in [1.54, 1.807) is 0 Å². The van der Waals surface area contributed by atoms with E-state index in [2.05, 4.69) is 181 Å². The minimum atomic E-state index is 1.13. The number of anilines is 3. The molecule has 10 rings (SSSR count). The fraction of sp³-hybridized carbons (Fsp3) is 0. The Hall–Kier alpha value is -5.96. The van der Waals surface area contributed by atoms with E-state index < -0.39 is 0 Å². The molecule has 0 fully saturated rings. The Bertz CT molecular complexity index is 2840. The van der Waals surface area contributed by atoms with Gasteiger partial charge in [-0.25, -0.2) is 0 Å². The lowest BCUT2D eigenvalue weighted by Gasteiger charge is -2.27. The molecule has 0 bridgehead atoms. The van der Waals surface area contributed by atoms with Crippen molar-refractivity contribution in [1.82, 2.24) is 0 Å². The third kappa shape index (κ3) is 4.31. The zero-order valence-corrected chi connectivity index (χ0v) is 26.9. The number of fused-ring (bicyclic) bond motifs is 9. The SMILES string of the molecule is c1ccc2c(c1)ccc1ccc(-c3ccc(N(c4ccc5ccc6ccccc6c5c4)c4cccc5c4sc4ccccc45)cc3)cc12. The van der Waals surface area contributed by atoms with Crippen LogP contribution in [0.25, 0.3) is 74.4 Å². The minimum Gasteiger partial charge on any atom is -0.309 e. The van der Waals surface area contributed by atoms with E-state index in [0.29, 0.717) is 0 Å². The zero-order chi connectivity index (χ0) is 31.6. The van der Waals surface area contributed by atoms with Gasteiger partial charge >= 0.3 is 0 Å². The molecule has 0 amide bonds. The van der Waals surface area contributed by atoms with Gasteiger partial charge < -0.3 is 4.90 Å². The summed E-state index contributed by atoms with van der Waals surface area (Å²) in [7, 11) is 0. The van der Waals surface area contributed by atoms with Gasteiger partial charge in [-0.3, -0.25) is 0 Å². The first-order chi connectivity index (χ1) is 23.8. The molecule has 224 valence electrons. The lowest BCUT2D eigenvalue weighted by Crippen LogP contribution is -2.10. The van der Waals surface area contributed by atoms with Crippen LogP contribution in [0.15, 0.2) is 176 Å². The molecule has 10 aromatic rings. The smallest absolute Gasteiger partial charge is 0.0640 e. The predicted octanol–water partition coefficient (Wildman–Crippen LogP) is 13.8. The maximum atomic E-state index is 2.44. The number of hydrogen-bond donors (Lipinski definition) is 0. The van der Waals surface area contributed by atoms with E-state index in [9.17, 15) is 0 Å². The first-order valence-electron chi connectivity index (χ1n) is 16.4. The molecular formula is C46H29NS. The van der Waals surface area contributed by atoms with Crippen LogP contribution >= 0.6 is 11.3 Å². The summed E-state index contributed by atoms with van der Waals surface area (Å²) in [5, 5.41) is 12.8. The Kier molecular flexibility index (Phi) is 6.12. The van der Waals surface area contributed by atoms with Crippen molar-refractivity contribution in [3.8, 4) is 11.1 Å². The summed E-state index contributed by atoms with van der Waals surface area (Å²) in [6, 6.07) is 64.6. The van der Waals surface area contributed by atoms with Crippen molar-refractivity contribution in [2.24, 2.45) is 0 Å². The molecule has 9 aromatic carbocycles. The highest BCUT2D eigenvalue weighted by Gasteiger charge is 2.19. The van der Waals surface area contributed by atoms with Crippen LogP contribution in [0.1, 0.15) is 0 Å². The van der Waals surface area contributed by atoms with E-state index >= 15 is 0 Å². The number of hydrogen-bond acceptors (Lipinski definition) is 2. The summed E-state index contributed by atoms with van der Waals surface area (Å²) in [5.41, 5.74) is 5.90. The average Bonchev–Trinajstić information content (AvgIpc) is 3.54. The molecule has 0 aliphatic heterocycles. The molecule has 0 N–H and O–H groups in total. The minimum absolute atomic E-state index is 1.13. The van der Waals surface area contributed by atoms with Crippen molar-refractivity contribution in [1.29, 1.82) is 0 Å². The van der Waals surface area contributed by atoms with Crippen LogP contribution < -0.4 is 4.90 Å². The van der Waals surface area contributed by atoms with Gasteiger partial charge in [-0.15, -0.1) is 11.3 Å². The lowest BCUT2D eigenvalue weighted by atomic mass is 9.97. The number of benzene rings is 9. The van der Waals surface area contributed by atoms with Crippen LogP contribution in [0, 0.1) is 0 Å². The van der Waals surface area contributed by atoms with E-state index in [-0.39, 0.29) is 0 Å². The third-order valence-corrected chi connectivity index (χ3v) is 11.0. The van der Waals surface area contributed by atoms with Gasteiger partial charge in [0.05, 0.1) is 10.4 Å². The summed E-state index contributed by atoms with van der Waals surface area (Å²) in [5.74, 6) is 0. The van der Waals surface area contributed by atoms with Crippen molar-refractivity contribution >= 4 is 91.7 Å². The fourth-order valence-corrected chi connectivity index (χ4v) is 8.66. The second-order valence-electron chi connectivity index (χ2n) is 12.5. The molecule has 0 radical (unpaired) electrons. The fourth-order valence-electron chi connectivity index (χ4n) is 7.45. The first-order valence-corrected chi connectivity index (χ1v) is 17.2. The molecule has 0 saturated heterocycles. The number of thiophene rings is 1. The Morgan fingerprint density at radius 3 is 1.58 bits per heavy atom. The highest BCUT2D eigenvalue weighted by Crippen LogP contribution is 2.46. The quantitative estimate of drug-likeness (QED) is 0.176. The van der Waals surface area contributed by atoms with Gasteiger partial charge in [0, 0.05) is 26.8 Å². The molecule has 48 heavy (non-hydrogen) atoms. The Morgan fingerprint density at radius 1 is 0.333 bits per heavy atom. The van der Waals surface area contributed by atoms with E-state index in [4.69, 9.17) is 0 Å². The Balaban J connectivity index is 1.16. The van der Waals surface area contributed by atoms with Crippen LogP contribution in [0.4, 0.5) is 17.1 Å². The van der Waals surface area contributed by atoms with Crippen molar-refractivity contribution in [3.05, 3.63) is 176 Å². The van der Waals surface area contributed by atoms with Crippen LogP contribution in [0.3, 0.4) is 0 Å². The van der Waals surface area contributed by atoms with Crippen LogP contribution in [0.5, 0.6) is 0 Å². The number of nitrogens with zero attached hydrogens (tertiary/aromatic N) is 1. The summed E-state index contributed by atoms with van der Waals surface area (Å²) in [4.78, 5) is 2.44. The van der Waals surface area contributed by atoms with Gasteiger partial charge in [0.15, 0.2) is 0 Å². The topological polar surface area (TPSA) is 3.24 Å². The zero-order valence-electron chi connectivity index (χ0n) is 26.1. The molecule has 0 atom stereocenters. The van der Waals surface area contributed by atoms with Gasteiger partial charge in [-0.1, -0.05) is 133 Å². The maximum absolute atomic E-state index is 2.44. The molecule has 0 aliphatic rings. The van der Waals surface area contributed by atoms with Gasteiger partial charge in [0.2, 0.25) is 0 Å². The summed E-state index contributed by atoms with van der Waals surface area (Å²) >= 11 is 1.87. The lowest BCUT2D eigenvalue weighted by molar-refractivity contribution is 1.31. The van der Waals surface area contributed by atoms with Crippen LogP contribution in [0.2, 0.25) is 0 Å². The molecule has 2 heteroatoms. The summed E-state index contributed by atoms with van der Waals surface area (Å²) in [6.07, 6.45) is 0. The average molecular weight is 628 g/mol. The maximum Gasteiger partial charge on any atom is 0.0640 e. The molecule has 0 saturated carbocycles. The molecular weight excluding hydrogens is 599 g/mol. The van der Waals surface area contributed by atoms with Gasteiger partial charge in [0.25, 0.3) is 0 Å². The van der Waals surface area contributed by atoms with Crippen molar-refractivity contribution in [2.75, 3.05) is 4.90 Å². The Labute approximate surface area is 282 Å². The molecule has 0 spiro atoms. The van der Waals surface area contributed by atoms with E-state index in [1.165, 1.54) is 80.1 Å². The molecule has 1 nitrogen and oxygen atoms in total. The largest absolute Gasteiger partial charge is 0.309 e. The standard InChI is InChI=1S/C46H29NS/c1-3-10-38-31(8-1)16-18-33-20-21-35(28-42(33)38)30-22-25-36(26-23-30)47(44-14-7-13-41-40-12-5-6-15-45(40)48-46(41)44)37-27-24-34-19-17-32-9-2-4-11-39(32)43(34)29-37/h1-29H. The van der Waals surface area contributed by atoms with Gasteiger partial charge in [-0.05, 0) is 96.7 Å². The van der Waals surface area contributed by atoms with Crippen molar-refractivity contribution in [3.63, 3.8) is 0 Å². The first kappa shape index (κ1) is 27.2. The monoisotopic (exact) mass is 627 g/mol. The second kappa shape index (κ2) is 10.8. The molecule has 0 unspecified atom stereocenters. The normalized spacial score (nSPS) is 11.8. The van der Waals surface area contributed by atoms with Crippen LogP contribution in [-0.2, 0) is 0 Å². The van der Waals surface area contributed by atoms with E-state index in [0.717, 1.165) is 11.4 Å². The second-order valence-corrected chi connectivity index (χ2v) is 13.6. The van der Waals surface area contributed by atoms with Gasteiger partial charge in [-0.2, -0.15) is 0 Å². The molecule has 0 aliphatic carbocycles. The molecule has 1 aromatic heterocycles. The predicted molar refractivity (Wildman–Crippen MR) is 209 cm³/mol. The highest BCUT2D eigenvalue weighted by atomic mass is 32.1. The van der Waals surface area contributed by atoms with Crippen LogP contribution in [-0.4, -0.2) is 0 Å².